The van der Waals surface area contributed by atoms with E-state index in [1.807, 2.05) is 30.6 Å². The van der Waals surface area contributed by atoms with Crippen LogP contribution in [0.4, 0.5) is 0 Å². The van der Waals surface area contributed by atoms with Crippen molar-refractivity contribution in [2.75, 3.05) is 0 Å². The van der Waals surface area contributed by atoms with Crippen molar-refractivity contribution in [3.63, 3.8) is 0 Å². The van der Waals surface area contributed by atoms with Gasteiger partial charge in [0.25, 0.3) is 5.89 Å². The molecule has 0 spiro atoms. The average Bonchev–Trinajstić information content (AvgIpc) is 3.28. The first-order valence-corrected chi connectivity index (χ1v) is 7.62. The third-order valence-electron chi connectivity index (χ3n) is 4.43. The Morgan fingerprint density at radius 3 is 2.48 bits per heavy atom. The molecule has 1 aliphatic rings. The Bertz CT molecular complexity index is 775. The van der Waals surface area contributed by atoms with Crippen molar-refractivity contribution in [2.24, 2.45) is 5.73 Å². The van der Waals surface area contributed by atoms with Crippen LogP contribution in [0.1, 0.15) is 31.5 Å². The molecule has 1 saturated carbocycles. The lowest BCUT2D eigenvalue weighted by atomic mass is 9.98. The maximum atomic E-state index is 6.40. The maximum absolute atomic E-state index is 6.40. The van der Waals surface area contributed by atoms with E-state index in [1.165, 1.54) is 0 Å². The largest absolute Gasteiger partial charge is 0.366 e. The van der Waals surface area contributed by atoms with E-state index >= 15 is 0 Å². The second-order valence-electron chi connectivity index (χ2n) is 5.94. The van der Waals surface area contributed by atoms with Gasteiger partial charge in [-0.05, 0) is 18.4 Å². The summed E-state index contributed by atoms with van der Waals surface area (Å²) in [6.45, 7) is 0. The summed E-state index contributed by atoms with van der Waals surface area (Å²) in [7, 11) is 0. The van der Waals surface area contributed by atoms with Crippen molar-refractivity contribution in [3.8, 4) is 22.6 Å². The van der Waals surface area contributed by atoms with Crippen molar-refractivity contribution in [2.45, 2.75) is 31.2 Å². The summed E-state index contributed by atoms with van der Waals surface area (Å²) in [4.78, 5) is 7.69. The molecule has 6 heteroatoms. The fraction of sp³-hybridized carbons (Fsp3) is 0.294. The number of hydrogen-bond donors (Lipinski definition) is 2. The molecule has 0 atom stereocenters. The second-order valence-corrected chi connectivity index (χ2v) is 5.94. The summed E-state index contributed by atoms with van der Waals surface area (Å²) in [6, 6.07) is 10.1. The average molecular weight is 331 g/mol. The summed E-state index contributed by atoms with van der Waals surface area (Å²) < 4.78 is 5.49. The van der Waals surface area contributed by atoms with Gasteiger partial charge in [-0.25, -0.2) is 0 Å². The molecule has 2 aromatic heterocycles. The Hall–Kier alpha value is -2.11. The third-order valence-corrected chi connectivity index (χ3v) is 4.43. The SMILES string of the molecule is Cl.NC1(c2noc(-c3c[nH]cc3-c3ccccc3)n2)CCCC1. The van der Waals surface area contributed by atoms with E-state index in [-0.39, 0.29) is 12.4 Å². The molecule has 0 saturated heterocycles. The number of rotatable bonds is 3. The number of nitrogens with one attached hydrogen (secondary N) is 1. The summed E-state index contributed by atoms with van der Waals surface area (Å²) in [5.41, 5.74) is 9.05. The van der Waals surface area contributed by atoms with Crippen LogP contribution in [-0.2, 0) is 5.54 Å². The van der Waals surface area contributed by atoms with Gasteiger partial charge in [-0.2, -0.15) is 4.98 Å². The fourth-order valence-electron chi connectivity index (χ4n) is 3.16. The number of H-pyrrole nitrogens is 1. The van der Waals surface area contributed by atoms with Gasteiger partial charge in [0.15, 0.2) is 5.82 Å². The normalized spacial score (nSPS) is 16.2. The minimum absolute atomic E-state index is 0. The smallest absolute Gasteiger partial charge is 0.260 e. The van der Waals surface area contributed by atoms with Crippen LogP contribution in [0.2, 0.25) is 0 Å². The van der Waals surface area contributed by atoms with Crippen molar-refractivity contribution in [1.29, 1.82) is 0 Å². The topological polar surface area (TPSA) is 80.7 Å². The molecule has 120 valence electrons. The van der Waals surface area contributed by atoms with E-state index in [1.54, 1.807) is 0 Å². The lowest BCUT2D eigenvalue weighted by Gasteiger charge is -2.17. The van der Waals surface area contributed by atoms with Gasteiger partial charge >= 0.3 is 0 Å². The molecule has 1 aromatic carbocycles. The Morgan fingerprint density at radius 2 is 1.74 bits per heavy atom. The highest BCUT2D eigenvalue weighted by Gasteiger charge is 2.36. The van der Waals surface area contributed by atoms with E-state index in [2.05, 4.69) is 27.3 Å². The summed E-state index contributed by atoms with van der Waals surface area (Å²) in [6.07, 6.45) is 7.93. The Labute approximate surface area is 140 Å². The zero-order chi connectivity index (χ0) is 15.0. The molecule has 23 heavy (non-hydrogen) atoms. The molecule has 5 nitrogen and oxygen atoms in total. The second kappa shape index (κ2) is 6.18. The lowest BCUT2D eigenvalue weighted by Crippen LogP contribution is -2.34. The minimum Gasteiger partial charge on any atom is -0.366 e. The minimum atomic E-state index is -0.426. The quantitative estimate of drug-likeness (QED) is 0.763. The van der Waals surface area contributed by atoms with E-state index in [4.69, 9.17) is 10.3 Å². The van der Waals surface area contributed by atoms with Crippen molar-refractivity contribution in [3.05, 3.63) is 48.5 Å². The third kappa shape index (κ3) is 2.78. The number of nitrogens with zero attached hydrogens (tertiary/aromatic N) is 2. The molecule has 0 radical (unpaired) electrons. The Kier molecular flexibility index (Phi) is 4.24. The van der Waals surface area contributed by atoms with Crippen LogP contribution >= 0.6 is 12.4 Å². The van der Waals surface area contributed by atoms with E-state index < -0.39 is 5.54 Å². The number of nitrogens with two attached hydrogens (primary N) is 1. The van der Waals surface area contributed by atoms with Crippen molar-refractivity contribution >= 4 is 12.4 Å². The van der Waals surface area contributed by atoms with Gasteiger partial charge in [-0.15, -0.1) is 12.4 Å². The first-order valence-electron chi connectivity index (χ1n) is 7.62. The van der Waals surface area contributed by atoms with Crippen LogP contribution in [-0.4, -0.2) is 15.1 Å². The van der Waals surface area contributed by atoms with Gasteiger partial charge < -0.3 is 15.2 Å². The Morgan fingerprint density at radius 1 is 1.04 bits per heavy atom. The van der Waals surface area contributed by atoms with Gasteiger partial charge in [0, 0.05) is 18.0 Å². The first kappa shape index (κ1) is 15.8. The van der Waals surface area contributed by atoms with Gasteiger partial charge in [0.2, 0.25) is 0 Å². The van der Waals surface area contributed by atoms with Crippen LogP contribution in [0.3, 0.4) is 0 Å². The number of aromatic amines is 1. The van der Waals surface area contributed by atoms with E-state index in [0.29, 0.717) is 11.7 Å². The van der Waals surface area contributed by atoms with E-state index in [0.717, 1.165) is 42.4 Å². The van der Waals surface area contributed by atoms with Gasteiger partial charge in [-0.1, -0.05) is 48.3 Å². The van der Waals surface area contributed by atoms with Crippen LogP contribution in [0.25, 0.3) is 22.6 Å². The predicted octanol–water partition coefficient (Wildman–Crippen LogP) is 3.88. The summed E-state index contributed by atoms with van der Waals surface area (Å²) >= 11 is 0. The predicted molar refractivity (Wildman–Crippen MR) is 91.1 cm³/mol. The molecule has 0 aliphatic heterocycles. The van der Waals surface area contributed by atoms with Crippen molar-refractivity contribution in [1.82, 2.24) is 15.1 Å². The monoisotopic (exact) mass is 330 g/mol. The highest BCUT2D eigenvalue weighted by Crippen LogP contribution is 2.37. The summed E-state index contributed by atoms with van der Waals surface area (Å²) in [5.74, 6) is 1.15. The fourth-order valence-corrected chi connectivity index (χ4v) is 3.16. The molecular weight excluding hydrogens is 312 g/mol. The zero-order valence-electron chi connectivity index (χ0n) is 12.7. The zero-order valence-corrected chi connectivity index (χ0v) is 13.5. The standard InChI is InChI=1S/C17H18N4O.ClH/c18-17(8-4-5-9-17)16-20-15(22-21-16)14-11-19-10-13(14)12-6-2-1-3-7-12;/h1-3,6-7,10-11,19H,4-5,8-9,18H2;1H. The van der Waals surface area contributed by atoms with E-state index in [9.17, 15) is 0 Å². The number of benzene rings is 1. The molecule has 0 amide bonds. The lowest BCUT2D eigenvalue weighted by molar-refractivity contribution is 0.372. The highest BCUT2D eigenvalue weighted by molar-refractivity contribution is 5.85. The molecule has 3 N–H and O–H groups in total. The number of halogens is 1. The first-order chi connectivity index (χ1) is 10.8. The highest BCUT2D eigenvalue weighted by atomic mass is 35.5. The van der Waals surface area contributed by atoms with Crippen molar-refractivity contribution < 1.29 is 4.52 Å². The van der Waals surface area contributed by atoms with Gasteiger partial charge in [0.05, 0.1) is 11.1 Å². The van der Waals surface area contributed by atoms with Gasteiger partial charge in [0.1, 0.15) is 0 Å². The van der Waals surface area contributed by atoms with Crippen LogP contribution in [0.5, 0.6) is 0 Å². The van der Waals surface area contributed by atoms with Gasteiger partial charge in [-0.3, -0.25) is 0 Å². The Balaban J connectivity index is 0.00000156. The molecule has 2 heterocycles. The summed E-state index contributed by atoms with van der Waals surface area (Å²) in [5, 5.41) is 4.14. The molecule has 0 unspecified atom stereocenters. The van der Waals surface area contributed by atoms with Crippen LogP contribution in [0, 0.1) is 0 Å². The molecule has 4 rings (SSSR count). The van der Waals surface area contributed by atoms with Crippen LogP contribution in [0.15, 0.2) is 47.2 Å². The molecule has 0 bridgehead atoms. The molecule has 1 fully saturated rings. The molecule has 1 aliphatic carbocycles. The molecular formula is C17H19ClN4O. The maximum Gasteiger partial charge on any atom is 0.260 e. The number of aromatic nitrogens is 3. The number of hydrogen-bond acceptors (Lipinski definition) is 4. The molecule has 3 aromatic rings. The van der Waals surface area contributed by atoms with Crippen LogP contribution < -0.4 is 5.73 Å².